The van der Waals surface area contributed by atoms with Gasteiger partial charge in [0.2, 0.25) is 35.4 Å². The number of nitrogens with two attached hydrogens (primary N) is 2. The SMILES string of the molecule is NC(N)=NCCC[C@@H]1NC(=O)CNC(=O)[C@H](CC(=O)O)NC(=O)CNC(=O)[C@H](CS)NC(=O)C(c2ccccc2)NC1=O. The van der Waals surface area contributed by atoms with E-state index in [1.54, 1.807) is 30.3 Å². The lowest BCUT2D eigenvalue weighted by Gasteiger charge is -2.25. The second kappa shape index (κ2) is 17.2. The fraction of sp³-hybridized carbons (Fsp3) is 0.440. The largest absolute Gasteiger partial charge is 0.481 e. The van der Waals surface area contributed by atoms with Gasteiger partial charge in [-0.15, -0.1) is 0 Å². The number of carboxylic acid groups (broad SMARTS) is 1. The third-order valence-corrected chi connectivity index (χ3v) is 6.34. The Morgan fingerprint density at radius 1 is 0.814 bits per heavy atom. The van der Waals surface area contributed by atoms with E-state index >= 15 is 0 Å². The minimum atomic E-state index is -1.58. The molecule has 1 saturated heterocycles. The Labute approximate surface area is 251 Å². The number of nitrogens with one attached hydrogen (secondary N) is 6. The van der Waals surface area contributed by atoms with E-state index in [-0.39, 0.29) is 31.1 Å². The van der Waals surface area contributed by atoms with Crippen molar-refractivity contribution in [3.05, 3.63) is 35.9 Å². The van der Waals surface area contributed by atoms with Crippen molar-refractivity contribution in [3.63, 3.8) is 0 Å². The van der Waals surface area contributed by atoms with Crippen LogP contribution in [0.25, 0.3) is 0 Å². The van der Waals surface area contributed by atoms with Crippen molar-refractivity contribution in [2.45, 2.75) is 43.4 Å². The molecule has 11 N–H and O–H groups in total. The van der Waals surface area contributed by atoms with Crippen LogP contribution in [0.4, 0.5) is 0 Å². The maximum absolute atomic E-state index is 13.4. The number of benzene rings is 1. The van der Waals surface area contributed by atoms with E-state index in [9.17, 15) is 33.6 Å². The Morgan fingerprint density at radius 3 is 1.95 bits per heavy atom. The molecule has 0 bridgehead atoms. The van der Waals surface area contributed by atoms with Crippen LogP contribution in [0.1, 0.15) is 30.9 Å². The molecule has 1 aliphatic heterocycles. The molecule has 1 fully saturated rings. The average Bonchev–Trinajstić information content (AvgIpc) is 2.96. The third kappa shape index (κ3) is 11.9. The molecule has 0 saturated carbocycles. The zero-order valence-electron chi connectivity index (χ0n) is 23.0. The molecule has 18 heteroatoms. The lowest BCUT2D eigenvalue weighted by molar-refractivity contribution is -0.141. The van der Waals surface area contributed by atoms with Crippen LogP contribution >= 0.6 is 12.6 Å². The van der Waals surface area contributed by atoms with Gasteiger partial charge in [-0.1, -0.05) is 30.3 Å². The highest BCUT2D eigenvalue weighted by molar-refractivity contribution is 7.80. The van der Waals surface area contributed by atoms with Gasteiger partial charge in [0, 0.05) is 12.3 Å². The van der Waals surface area contributed by atoms with E-state index in [0.717, 1.165) is 0 Å². The number of rotatable bonds is 8. The molecule has 1 aromatic carbocycles. The molecule has 1 aliphatic rings. The maximum Gasteiger partial charge on any atom is 0.305 e. The summed E-state index contributed by atoms with van der Waals surface area (Å²) < 4.78 is 0. The van der Waals surface area contributed by atoms with Gasteiger partial charge in [-0.25, -0.2) is 0 Å². The van der Waals surface area contributed by atoms with Crippen molar-refractivity contribution in [2.24, 2.45) is 16.5 Å². The Bertz CT molecular complexity index is 1230. The smallest absolute Gasteiger partial charge is 0.305 e. The fourth-order valence-corrected chi connectivity index (χ4v) is 4.12. The molecule has 0 radical (unpaired) electrons. The highest BCUT2D eigenvalue weighted by Gasteiger charge is 2.31. The molecule has 1 aromatic rings. The van der Waals surface area contributed by atoms with E-state index in [2.05, 4.69) is 49.5 Å². The van der Waals surface area contributed by atoms with E-state index in [1.807, 2.05) is 0 Å². The number of carbonyl (C=O) groups is 7. The summed E-state index contributed by atoms with van der Waals surface area (Å²) in [7, 11) is 0. The van der Waals surface area contributed by atoms with Crippen LogP contribution in [-0.4, -0.2) is 96.0 Å². The van der Waals surface area contributed by atoms with Crippen LogP contribution < -0.4 is 43.4 Å². The molecule has 0 aliphatic carbocycles. The molecule has 17 nitrogen and oxygen atoms in total. The van der Waals surface area contributed by atoms with Crippen LogP contribution in [0.2, 0.25) is 0 Å². The lowest BCUT2D eigenvalue weighted by Crippen LogP contribution is -2.57. The summed E-state index contributed by atoms with van der Waals surface area (Å²) in [5.74, 6) is -6.84. The summed E-state index contributed by atoms with van der Waals surface area (Å²) in [6.45, 7) is -1.22. The normalized spacial score (nSPS) is 22.7. The Kier molecular flexibility index (Phi) is 13.7. The van der Waals surface area contributed by atoms with Crippen LogP contribution in [0.3, 0.4) is 0 Å². The van der Waals surface area contributed by atoms with Gasteiger partial charge in [-0.05, 0) is 18.4 Å². The number of carboxylic acids is 1. The summed E-state index contributed by atoms with van der Waals surface area (Å²) in [6, 6.07) is 2.75. The maximum atomic E-state index is 13.4. The van der Waals surface area contributed by atoms with E-state index in [4.69, 9.17) is 16.6 Å². The molecule has 6 amide bonds. The summed E-state index contributed by atoms with van der Waals surface area (Å²) >= 11 is 4.10. The first kappa shape index (κ1) is 34.3. The summed E-state index contributed by atoms with van der Waals surface area (Å²) in [6.07, 6.45) is -0.566. The van der Waals surface area contributed by atoms with Gasteiger partial charge in [0.25, 0.3) is 0 Å². The van der Waals surface area contributed by atoms with Crippen LogP contribution in [0.15, 0.2) is 35.3 Å². The first-order chi connectivity index (χ1) is 20.4. The highest BCUT2D eigenvalue weighted by Crippen LogP contribution is 2.14. The molecule has 234 valence electrons. The lowest BCUT2D eigenvalue weighted by atomic mass is 10.0. The van der Waals surface area contributed by atoms with Crippen LogP contribution in [0.5, 0.6) is 0 Å². The average molecular weight is 622 g/mol. The number of guanidine groups is 1. The van der Waals surface area contributed by atoms with Crippen molar-refractivity contribution in [2.75, 3.05) is 25.4 Å². The van der Waals surface area contributed by atoms with Gasteiger partial charge < -0.3 is 48.5 Å². The van der Waals surface area contributed by atoms with Crippen LogP contribution in [-0.2, 0) is 33.6 Å². The minimum absolute atomic E-state index is 0.0186. The molecule has 4 atom stereocenters. The molecule has 0 aromatic heterocycles. The highest BCUT2D eigenvalue weighted by atomic mass is 32.1. The van der Waals surface area contributed by atoms with E-state index in [1.165, 1.54) is 0 Å². The van der Waals surface area contributed by atoms with Gasteiger partial charge in [0.1, 0.15) is 24.2 Å². The number of aliphatic imine (C=N–C) groups is 1. The summed E-state index contributed by atoms with van der Waals surface area (Å²) in [5.41, 5.74) is 11.0. The monoisotopic (exact) mass is 621 g/mol. The number of hydrogen-bond acceptors (Lipinski definition) is 9. The Morgan fingerprint density at radius 2 is 1.40 bits per heavy atom. The van der Waals surface area contributed by atoms with Gasteiger partial charge in [0.15, 0.2) is 5.96 Å². The van der Waals surface area contributed by atoms with Crippen molar-refractivity contribution >= 4 is 60.0 Å². The first-order valence-electron chi connectivity index (χ1n) is 13.1. The van der Waals surface area contributed by atoms with Gasteiger partial charge in [0.05, 0.1) is 19.5 Å². The predicted molar refractivity (Wildman–Crippen MR) is 155 cm³/mol. The summed E-state index contributed by atoms with van der Waals surface area (Å²) in [4.78, 5) is 92.4. The fourth-order valence-electron chi connectivity index (χ4n) is 3.87. The first-order valence-corrected chi connectivity index (χ1v) is 13.7. The van der Waals surface area contributed by atoms with E-state index in [0.29, 0.717) is 5.56 Å². The Balaban J connectivity index is 2.41. The molecule has 43 heavy (non-hydrogen) atoms. The predicted octanol–water partition coefficient (Wildman–Crippen LogP) is -4.00. The van der Waals surface area contributed by atoms with E-state index < -0.39 is 85.1 Å². The number of nitrogens with zero attached hydrogens (tertiary/aromatic N) is 1. The van der Waals surface area contributed by atoms with Crippen molar-refractivity contribution in [3.8, 4) is 0 Å². The Hall–Kier alpha value is -4.87. The van der Waals surface area contributed by atoms with Crippen molar-refractivity contribution in [1.29, 1.82) is 0 Å². The molecule has 0 spiro atoms. The van der Waals surface area contributed by atoms with Gasteiger partial charge >= 0.3 is 5.97 Å². The quantitative estimate of drug-likeness (QED) is 0.0581. The van der Waals surface area contributed by atoms with Crippen molar-refractivity contribution < 1.29 is 38.7 Å². The number of hydrogen-bond donors (Lipinski definition) is 10. The molecule has 2 rings (SSSR count). The number of carbonyl (C=O) groups excluding carboxylic acids is 6. The molecular weight excluding hydrogens is 586 g/mol. The number of thiol groups is 1. The second-order valence-electron chi connectivity index (χ2n) is 9.32. The topological polar surface area (TPSA) is 276 Å². The van der Waals surface area contributed by atoms with Gasteiger partial charge in [-0.3, -0.25) is 38.6 Å². The number of amides is 6. The van der Waals surface area contributed by atoms with Crippen molar-refractivity contribution in [1.82, 2.24) is 31.9 Å². The minimum Gasteiger partial charge on any atom is -0.481 e. The zero-order valence-corrected chi connectivity index (χ0v) is 23.9. The molecule has 1 unspecified atom stereocenters. The number of aliphatic carboxylic acids is 1. The standard InChI is InChI=1S/C25H35N9O8S/c26-25(27)28-8-4-7-14-23(41)34-20(13-5-2-1-3-6-13)24(42)33-16(12-43)22(40)30-11-18(36)32-15(9-19(37)38)21(39)29-10-17(35)31-14/h1-3,5-6,14-16,20,43H,4,7-12H2,(H,29,39)(H,30,40)(H,31,35)(H,32,36)(H,33,42)(H,34,41)(H,37,38)(H4,26,27,28)/t14-,15-,16-,20?/m0/s1. The zero-order chi connectivity index (χ0) is 31.9. The summed E-state index contributed by atoms with van der Waals surface area (Å²) in [5, 5.41) is 23.4. The van der Waals surface area contributed by atoms with Crippen LogP contribution in [0, 0.1) is 0 Å². The van der Waals surface area contributed by atoms with Gasteiger partial charge in [-0.2, -0.15) is 12.6 Å². The second-order valence-corrected chi connectivity index (χ2v) is 9.68. The molecular formula is C25H35N9O8S. The molecule has 1 heterocycles. The third-order valence-electron chi connectivity index (χ3n) is 5.97.